The number of rotatable bonds is 7. The van der Waals surface area contributed by atoms with E-state index in [1.54, 1.807) is 18.2 Å². The van der Waals surface area contributed by atoms with E-state index in [-0.39, 0.29) is 6.42 Å². The lowest BCUT2D eigenvalue weighted by Crippen LogP contribution is -2.18. The van der Waals surface area contributed by atoms with Crippen molar-refractivity contribution in [1.29, 1.82) is 0 Å². The second-order valence-corrected chi connectivity index (χ2v) is 6.49. The molecule has 0 fully saturated rings. The van der Waals surface area contributed by atoms with Gasteiger partial charge >= 0.3 is 12.1 Å². The van der Waals surface area contributed by atoms with E-state index >= 15 is 0 Å². The number of alkyl halides is 3. The molecule has 2 aromatic rings. The minimum Gasteiger partial charge on any atom is -0.496 e. The number of ether oxygens (including phenoxy) is 2. The zero-order valence-electron chi connectivity index (χ0n) is 16.4. The topological polar surface area (TPSA) is 38.8 Å². The summed E-state index contributed by atoms with van der Waals surface area (Å²) in [6.45, 7) is 2.97. The van der Waals surface area contributed by atoms with Crippen LogP contribution in [0, 0.1) is 0 Å². The van der Waals surface area contributed by atoms with Crippen LogP contribution in [0.5, 0.6) is 5.75 Å². The van der Waals surface area contributed by atoms with Crippen LogP contribution in [0.1, 0.15) is 23.6 Å². The van der Waals surface area contributed by atoms with E-state index in [9.17, 15) is 18.0 Å². The Labute approximate surface area is 162 Å². The largest absolute Gasteiger partial charge is 0.496 e. The van der Waals surface area contributed by atoms with Crippen LogP contribution < -0.4 is 4.74 Å². The Bertz CT molecular complexity index is 834. The van der Waals surface area contributed by atoms with Gasteiger partial charge in [-0.2, -0.15) is 13.2 Å². The van der Waals surface area contributed by atoms with Crippen LogP contribution in [0.4, 0.5) is 13.2 Å². The lowest BCUT2D eigenvalue weighted by Gasteiger charge is -2.20. The molecule has 2 aromatic carbocycles. The summed E-state index contributed by atoms with van der Waals surface area (Å²) in [5.41, 5.74) is 1.81. The van der Waals surface area contributed by atoms with Crippen molar-refractivity contribution in [1.82, 2.24) is 4.90 Å². The second kappa shape index (κ2) is 9.10. The summed E-state index contributed by atoms with van der Waals surface area (Å²) in [6, 6.07) is 8.90. The molecule has 7 heteroatoms. The number of carbonyl (C=O) groups is 1. The predicted molar refractivity (Wildman–Crippen MR) is 101 cm³/mol. The lowest BCUT2D eigenvalue weighted by molar-refractivity contribution is -0.140. The Balaban J connectivity index is 2.60. The molecule has 0 aliphatic heterocycles. The third-order valence-corrected chi connectivity index (χ3v) is 4.54. The van der Waals surface area contributed by atoms with E-state index < -0.39 is 17.7 Å². The van der Waals surface area contributed by atoms with Gasteiger partial charge in [-0.05, 0) is 54.5 Å². The molecule has 0 saturated carbocycles. The normalized spacial score (nSPS) is 11.6. The second-order valence-electron chi connectivity index (χ2n) is 6.49. The Kier molecular flexibility index (Phi) is 7.07. The van der Waals surface area contributed by atoms with Crippen molar-refractivity contribution in [2.24, 2.45) is 0 Å². The highest BCUT2D eigenvalue weighted by Gasteiger charge is 2.31. The summed E-state index contributed by atoms with van der Waals surface area (Å²) in [5, 5.41) is 0. The van der Waals surface area contributed by atoms with Gasteiger partial charge in [-0.15, -0.1) is 0 Å². The van der Waals surface area contributed by atoms with E-state index in [4.69, 9.17) is 9.47 Å². The van der Waals surface area contributed by atoms with Crippen molar-refractivity contribution < 1.29 is 27.4 Å². The average Bonchev–Trinajstić information content (AvgIpc) is 2.66. The van der Waals surface area contributed by atoms with E-state index in [0.717, 1.165) is 6.07 Å². The van der Waals surface area contributed by atoms with Crippen molar-refractivity contribution >= 4 is 5.97 Å². The van der Waals surface area contributed by atoms with Gasteiger partial charge in [0.1, 0.15) is 5.75 Å². The van der Waals surface area contributed by atoms with Gasteiger partial charge in [0.05, 0.1) is 26.2 Å². The van der Waals surface area contributed by atoms with Gasteiger partial charge in [0.15, 0.2) is 0 Å². The maximum Gasteiger partial charge on any atom is 0.416 e. The molecule has 0 bridgehead atoms. The lowest BCUT2D eigenvalue weighted by atomic mass is 9.94. The first-order chi connectivity index (χ1) is 13.2. The molecular formula is C21H24F3NO3. The van der Waals surface area contributed by atoms with E-state index in [1.807, 2.05) is 18.9 Å². The Morgan fingerprint density at radius 3 is 2.36 bits per heavy atom. The van der Waals surface area contributed by atoms with Crippen LogP contribution in [0.3, 0.4) is 0 Å². The standard InChI is InChI=1S/C21H24F3NO3/c1-5-25(2)13-15-12-16(21(22,23)24)7-8-17(15)18-10-14(11-20(26)28-4)6-9-19(18)27-3/h6-10,12H,5,11,13H2,1-4H3. The van der Waals surface area contributed by atoms with Crippen molar-refractivity contribution in [2.45, 2.75) is 26.1 Å². The summed E-state index contributed by atoms with van der Waals surface area (Å²) < 4.78 is 49.8. The van der Waals surface area contributed by atoms with Gasteiger partial charge in [0, 0.05) is 12.1 Å². The number of hydrogen-bond donors (Lipinski definition) is 0. The summed E-state index contributed by atoms with van der Waals surface area (Å²) in [4.78, 5) is 13.5. The number of esters is 1. The van der Waals surface area contributed by atoms with Crippen molar-refractivity contribution in [3.63, 3.8) is 0 Å². The van der Waals surface area contributed by atoms with Crippen LogP contribution in [-0.4, -0.2) is 38.7 Å². The van der Waals surface area contributed by atoms with Crippen molar-refractivity contribution in [2.75, 3.05) is 27.8 Å². The van der Waals surface area contributed by atoms with Gasteiger partial charge in [0.25, 0.3) is 0 Å². The number of methoxy groups -OCH3 is 2. The van der Waals surface area contributed by atoms with Crippen LogP contribution in [0.15, 0.2) is 36.4 Å². The molecule has 0 unspecified atom stereocenters. The van der Waals surface area contributed by atoms with E-state index in [0.29, 0.717) is 41.1 Å². The number of benzene rings is 2. The fraction of sp³-hybridized carbons (Fsp3) is 0.381. The third kappa shape index (κ3) is 5.25. The molecule has 0 aliphatic carbocycles. The van der Waals surface area contributed by atoms with Gasteiger partial charge in [-0.25, -0.2) is 0 Å². The zero-order chi connectivity index (χ0) is 20.9. The summed E-state index contributed by atoms with van der Waals surface area (Å²) >= 11 is 0. The molecular weight excluding hydrogens is 371 g/mol. The quantitative estimate of drug-likeness (QED) is 0.645. The summed E-state index contributed by atoms with van der Waals surface area (Å²) in [5.74, 6) is 0.128. The molecule has 2 rings (SSSR count). The van der Waals surface area contributed by atoms with Crippen LogP contribution in [-0.2, 0) is 28.7 Å². The van der Waals surface area contributed by atoms with Gasteiger partial charge in [0.2, 0.25) is 0 Å². The molecule has 0 saturated heterocycles. The monoisotopic (exact) mass is 395 g/mol. The minimum atomic E-state index is -4.42. The number of halogens is 3. The molecule has 0 atom stereocenters. The molecule has 0 aliphatic rings. The highest BCUT2D eigenvalue weighted by molar-refractivity contribution is 5.77. The maximum atomic E-state index is 13.2. The highest BCUT2D eigenvalue weighted by Crippen LogP contribution is 2.37. The molecule has 28 heavy (non-hydrogen) atoms. The van der Waals surface area contributed by atoms with Gasteiger partial charge in [-0.1, -0.05) is 19.1 Å². The van der Waals surface area contributed by atoms with Crippen LogP contribution >= 0.6 is 0 Å². The molecule has 0 N–H and O–H groups in total. The third-order valence-electron chi connectivity index (χ3n) is 4.54. The number of hydrogen-bond acceptors (Lipinski definition) is 4. The average molecular weight is 395 g/mol. The smallest absolute Gasteiger partial charge is 0.416 e. The molecule has 0 heterocycles. The maximum absolute atomic E-state index is 13.2. The molecule has 4 nitrogen and oxygen atoms in total. The predicted octanol–water partition coefficient (Wildman–Crippen LogP) is 4.55. The van der Waals surface area contributed by atoms with Crippen LogP contribution in [0.2, 0.25) is 0 Å². The van der Waals surface area contributed by atoms with E-state index in [2.05, 4.69) is 0 Å². The zero-order valence-corrected chi connectivity index (χ0v) is 16.4. The Morgan fingerprint density at radius 1 is 1.07 bits per heavy atom. The molecule has 0 radical (unpaired) electrons. The highest BCUT2D eigenvalue weighted by atomic mass is 19.4. The molecule has 152 valence electrons. The Hall–Kier alpha value is -2.54. The fourth-order valence-electron chi connectivity index (χ4n) is 2.88. The number of carbonyl (C=O) groups excluding carboxylic acids is 1. The molecule has 0 spiro atoms. The van der Waals surface area contributed by atoms with Gasteiger partial charge < -0.3 is 14.4 Å². The first-order valence-corrected chi connectivity index (χ1v) is 8.82. The fourth-order valence-corrected chi connectivity index (χ4v) is 2.88. The summed E-state index contributed by atoms with van der Waals surface area (Å²) in [7, 11) is 4.65. The Morgan fingerprint density at radius 2 is 1.79 bits per heavy atom. The van der Waals surface area contributed by atoms with Crippen molar-refractivity contribution in [3.8, 4) is 16.9 Å². The van der Waals surface area contributed by atoms with E-state index in [1.165, 1.54) is 26.4 Å². The van der Waals surface area contributed by atoms with Gasteiger partial charge in [-0.3, -0.25) is 4.79 Å². The van der Waals surface area contributed by atoms with Crippen LogP contribution in [0.25, 0.3) is 11.1 Å². The molecule has 0 amide bonds. The first kappa shape index (κ1) is 21.8. The summed E-state index contributed by atoms with van der Waals surface area (Å²) in [6.07, 6.45) is -4.35. The first-order valence-electron chi connectivity index (χ1n) is 8.82. The minimum absolute atomic E-state index is 0.0678. The number of nitrogens with zero attached hydrogens (tertiary/aromatic N) is 1. The van der Waals surface area contributed by atoms with Crippen molar-refractivity contribution in [3.05, 3.63) is 53.1 Å². The SMILES string of the molecule is CCN(C)Cc1cc(C(F)(F)F)ccc1-c1cc(CC(=O)OC)ccc1OC. The molecule has 0 aromatic heterocycles.